The second-order valence-electron chi connectivity index (χ2n) is 8.53. The molecule has 1 N–H and O–H groups in total. The number of rotatable bonds is 6. The zero-order valence-corrected chi connectivity index (χ0v) is 19.3. The molecule has 2 aliphatic heterocycles. The number of imidazole rings is 1. The molecule has 0 unspecified atom stereocenters. The molecule has 0 atom stereocenters. The second kappa shape index (κ2) is 9.35. The second-order valence-corrected chi connectivity index (χ2v) is 9.59. The summed E-state index contributed by atoms with van der Waals surface area (Å²) in [5.74, 6) is 0.498. The molecular formula is C24H26N6O2S. The van der Waals surface area contributed by atoms with Gasteiger partial charge in [0.1, 0.15) is 11.3 Å². The average molecular weight is 463 g/mol. The van der Waals surface area contributed by atoms with Crippen molar-refractivity contribution in [3.05, 3.63) is 58.8 Å². The number of pyridine rings is 1. The first-order chi connectivity index (χ1) is 16.1. The lowest BCUT2D eigenvalue weighted by Crippen LogP contribution is -2.39. The van der Waals surface area contributed by atoms with Crippen LogP contribution in [0.15, 0.2) is 46.7 Å². The smallest absolute Gasteiger partial charge is 0.274 e. The fraction of sp³-hybridized carbons (Fsp3) is 0.375. The van der Waals surface area contributed by atoms with E-state index in [0.29, 0.717) is 23.1 Å². The molecule has 0 aliphatic carbocycles. The number of hydrogen-bond acceptors (Lipinski definition) is 6. The minimum atomic E-state index is -0.0384. The van der Waals surface area contributed by atoms with Crippen molar-refractivity contribution >= 4 is 35.3 Å². The van der Waals surface area contributed by atoms with Crippen LogP contribution in [-0.2, 0) is 4.79 Å². The van der Waals surface area contributed by atoms with Crippen molar-refractivity contribution < 1.29 is 9.59 Å². The Balaban J connectivity index is 1.05. The van der Waals surface area contributed by atoms with Crippen LogP contribution >= 0.6 is 11.8 Å². The van der Waals surface area contributed by atoms with Crippen molar-refractivity contribution in [3.63, 3.8) is 0 Å². The Labute approximate surface area is 196 Å². The van der Waals surface area contributed by atoms with Gasteiger partial charge in [0, 0.05) is 25.8 Å². The summed E-state index contributed by atoms with van der Waals surface area (Å²) >= 11 is 1.48. The number of aryl methyl sites for hydroxylation is 1. The highest BCUT2D eigenvalue weighted by Crippen LogP contribution is 2.34. The van der Waals surface area contributed by atoms with Crippen LogP contribution in [-0.4, -0.2) is 55.7 Å². The lowest BCUT2D eigenvalue weighted by atomic mass is 9.92. The summed E-state index contributed by atoms with van der Waals surface area (Å²) in [5, 5.41) is 4.07. The van der Waals surface area contributed by atoms with Crippen LogP contribution in [0.25, 0.3) is 11.7 Å². The first kappa shape index (κ1) is 21.6. The van der Waals surface area contributed by atoms with Crippen LogP contribution in [0.2, 0.25) is 0 Å². The van der Waals surface area contributed by atoms with Gasteiger partial charge >= 0.3 is 0 Å². The fourth-order valence-electron chi connectivity index (χ4n) is 4.37. The summed E-state index contributed by atoms with van der Waals surface area (Å²) in [4.78, 5) is 40.6. The Bertz CT molecular complexity index is 1210. The molecule has 1 saturated heterocycles. The van der Waals surface area contributed by atoms with E-state index < -0.39 is 0 Å². The molecule has 8 nitrogen and oxygen atoms in total. The molecule has 3 aromatic rings. The molecule has 2 amide bonds. The van der Waals surface area contributed by atoms with Gasteiger partial charge in [-0.3, -0.25) is 19.0 Å². The van der Waals surface area contributed by atoms with Gasteiger partial charge in [0.2, 0.25) is 0 Å². The fourth-order valence-corrected chi connectivity index (χ4v) is 5.37. The highest BCUT2D eigenvalue weighted by Gasteiger charge is 2.24. The van der Waals surface area contributed by atoms with Crippen LogP contribution in [0.5, 0.6) is 0 Å². The third-order valence-corrected chi connectivity index (χ3v) is 7.27. The van der Waals surface area contributed by atoms with E-state index in [9.17, 15) is 9.59 Å². The standard InChI is InChI=1S/C24H26N6O2S/c1-16-13-27-19(15-26-16)24(32)29-10-7-17(8-11-29)4-3-9-25-23(31)20-12-18-14-28-21-5-2-6-22(33-20)30(18)21/h2,5-6,12-15,17H,3-4,7-11H2,1H3,(H,25,31). The van der Waals surface area contributed by atoms with E-state index in [4.69, 9.17) is 0 Å². The summed E-state index contributed by atoms with van der Waals surface area (Å²) in [7, 11) is 0. The van der Waals surface area contributed by atoms with Crippen LogP contribution in [0.1, 0.15) is 47.6 Å². The van der Waals surface area contributed by atoms with Gasteiger partial charge in [-0.1, -0.05) is 17.8 Å². The summed E-state index contributed by atoms with van der Waals surface area (Å²) in [6.07, 6.45) is 10.8. The predicted octanol–water partition coefficient (Wildman–Crippen LogP) is 3.33. The van der Waals surface area contributed by atoms with E-state index in [0.717, 1.165) is 60.8 Å². The van der Waals surface area contributed by atoms with Crippen molar-refractivity contribution in [1.29, 1.82) is 0 Å². The van der Waals surface area contributed by atoms with Crippen molar-refractivity contribution in [1.82, 2.24) is 29.6 Å². The lowest BCUT2D eigenvalue weighted by molar-refractivity contribution is -0.116. The number of carbonyl (C=O) groups is 2. The summed E-state index contributed by atoms with van der Waals surface area (Å²) in [6, 6.07) is 5.93. The van der Waals surface area contributed by atoms with Gasteiger partial charge in [-0.15, -0.1) is 0 Å². The van der Waals surface area contributed by atoms with Crippen LogP contribution in [0.4, 0.5) is 0 Å². The van der Waals surface area contributed by atoms with Crippen molar-refractivity contribution in [2.45, 2.75) is 37.6 Å². The normalized spacial score (nSPS) is 16.0. The molecule has 0 spiro atoms. The van der Waals surface area contributed by atoms with Gasteiger partial charge in [0.15, 0.2) is 0 Å². The Morgan fingerprint density at radius 2 is 1.97 bits per heavy atom. The van der Waals surface area contributed by atoms with E-state index in [1.54, 1.807) is 18.6 Å². The molecule has 2 aliphatic rings. The van der Waals surface area contributed by atoms with Gasteiger partial charge in [0.05, 0.1) is 33.7 Å². The molecule has 170 valence electrons. The van der Waals surface area contributed by atoms with Gasteiger partial charge < -0.3 is 10.2 Å². The van der Waals surface area contributed by atoms with Gasteiger partial charge in [0.25, 0.3) is 11.8 Å². The molecule has 5 rings (SSSR count). The molecular weight excluding hydrogens is 436 g/mol. The van der Waals surface area contributed by atoms with E-state index in [1.165, 1.54) is 11.8 Å². The van der Waals surface area contributed by atoms with E-state index in [2.05, 4.69) is 24.7 Å². The van der Waals surface area contributed by atoms with Crippen molar-refractivity contribution in [2.75, 3.05) is 19.6 Å². The molecule has 0 radical (unpaired) electrons. The number of hydrogen-bond donors (Lipinski definition) is 1. The maximum Gasteiger partial charge on any atom is 0.274 e. The SMILES string of the molecule is Cc1cnc(C(=O)N2CCC(CCCNC(=O)C3=Cc4cnc5cccc(n45)S3)CC2)cn1. The third kappa shape index (κ3) is 4.64. The number of likely N-dealkylation sites (tertiary alicyclic amines) is 1. The van der Waals surface area contributed by atoms with Gasteiger partial charge in [-0.05, 0) is 56.7 Å². The monoisotopic (exact) mass is 462 g/mol. The van der Waals surface area contributed by atoms with Crippen LogP contribution < -0.4 is 5.32 Å². The largest absolute Gasteiger partial charge is 0.352 e. The number of aromatic nitrogens is 4. The zero-order chi connectivity index (χ0) is 22.8. The van der Waals surface area contributed by atoms with Crippen molar-refractivity contribution in [3.8, 4) is 0 Å². The average Bonchev–Trinajstić information content (AvgIpc) is 3.26. The number of carbonyl (C=O) groups excluding carboxylic acids is 2. The Morgan fingerprint density at radius 3 is 2.76 bits per heavy atom. The summed E-state index contributed by atoms with van der Waals surface area (Å²) < 4.78 is 2.06. The molecule has 3 aromatic heterocycles. The minimum Gasteiger partial charge on any atom is -0.352 e. The van der Waals surface area contributed by atoms with Crippen LogP contribution in [0, 0.1) is 12.8 Å². The zero-order valence-electron chi connectivity index (χ0n) is 18.5. The van der Waals surface area contributed by atoms with E-state index in [-0.39, 0.29) is 11.8 Å². The Hall–Kier alpha value is -3.20. The third-order valence-electron chi connectivity index (χ3n) is 6.21. The Morgan fingerprint density at radius 1 is 1.12 bits per heavy atom. The number of nitrogens with zero attached hydrogens (tertiary/aromatic N) is 5. The lowest BCUT2D eigenvalue weighted by Gasteiger charge is -2.31. The maximum absolute atomic E-state index is 12.7. The highest BCUT2D eigenvalue weighted by atomic mass is 32.2. The molecule has 1 fully saturated rings. The van der Waals surface area contributed by atoms with Crippen LogP contribution in [0.3, 0.4) is 0 Å². The molecule has 33 heavy (non-hydrogen) atoms. The molecule has 9 heteroatoms. The maximum atomic E-state index is 12.7. The topological polar surface area (TPSA) is 92.5 Å². The highest BCUT2D eigenvalue weighted by molar-refractivity contribution is 8.04. The molecule has 5 heterocycles. The number of thioether (sulfide) groups is 1. The number of piperidine rings is 1. The quantitative estimate of drug-likeness (QED) is 0.565. The predicted molar refractivity (Wildman–Crippen MR) is 127 cm³/mol. The molecule has 0 saturated carbocycles. The first-order valence-corrected chi connectivity index (χ1v) is 12.1. The number of amides is 2. The van der Waals surface area contributed by atoms with E-state index in [1.807, 2.05) is 36.1 Å². The summed E-state index contributed by atoms with van der Waals surface area (Å²) in [5.41, 5.74) is 3.04. The van der Waals surface area contributed by atoms with Gasteiger partial charge in [-0.2, -0.15) is 0 Å². The van der Waals surface area contributed by atoms with Crippen molar-refractivity contribution in [2.24, 2.45) is 5.92 Å². The van der Waals surface area contributed by atoms with Gasteiger partial charge in [-0.25, -0.2) is 9.97 Å². The van der Waals surface area contributed by atoms with E-state index >= 15 is 0 Å². The molecule has 0 bridgehead atoms. The molecule has 0 aromatic carbocycles. The number of nitrogens with one attached hydrogen (secondary N) is 1. The first-order valence-electron chi connectivity index (χ1n) is 11.3. The Kier molecular flexibility index (Phi) is 6.13. The summed E-state index contributed by atoms with van der Waals surface area (Å²) in [6.45, 7) is 4.00. The minimum absolute atomic E-state index is 0.0379.